The van der Waals surface area contributed by atoms with Crippen LogP contribution in [0.25, 0.3) is 88.0 Å². The van der Waals surface area contributed by atoms with E-state index < -0.39 is 0 Å². The standard InChI is InChI=1S/C42H26/c1-2-8-27(9-3-1)35-21-37-22-36(30-16-14-29(15-17-30)34-19-18-28-10-4-5-11-31(28)20-34)26-41-39-24-33-13-7-6-12-32(33)23-38(39)40(25-35)42(37)41/h1-26H. The van der Waals surface area contributed by atoms with E-state index in [-0.39, 0.29) is 0 Å². The first-order valence-electron chi connectivity index (χ1n) is 14.6. The van der Waals surface area contributed by atoms with Crippen LogP contribution in [0.2, 0.25) is 0 Å². The average molecular weight is 531 g/mol. The molecule has 1 aliphatic carbocycles. The predicted molar refractivity (Wildman–Crippen MR) is 180 cm³/mol. The van der Waals surface area contributed by atoms with E-state index in [0.29, 0.717) is 0 Å². The minimum absolute atomic E-state index is 1.23. The smallest absolute Gasteiger partial charge is 0.00255 e. The summed E-state index contributed by atoms with van der Waals surface area (Å²) in [5.41, 5.74) is 12.8. The molecule has 0 radical (unpaired) electrons. The lowest BCUT2D eigenvalue weighted by Gasteiger charge is -2.11. The van der Waals surface area contributed by atoms with Crippen LogP contribution in [0.15, 0.2) is 158 Å². The van der Waals surface area contributed by atoms with Crippen LogP contribution in [-0.2, 0) is 0 Å². The van der Waals surface area contributed by atoms with Gasteiger partial charge in [-0.25, -0.2) is 0 Å². The molecule has 0 unspecified atom stereocenters. The molecule has 0 nitrogen and oxygen atoms in total. The van der Waals surface area contributed by atoms with E-state index in [4.69, 9.17) is 0 Å². The van der Waals surface area contributed by atoms with Gasteiger partial charge in [-0.2, -0.15) is 0 Å². The van der Waals surface area contributed by atoms with Crippen molar-refractivity contribution >= 4 is 32.3 Å². The van der Waals surface area contributed by atoms with Gasteiger partial charge in [-0.15, -0.1) is 0 Å². The third kappa shape index (κ3) is 3.62. The van der Waals surface area contributed by atoms with Crippen LogP contribution in [0.1, 0.15) is 0 Å². The van der Waals surface area contributed by atoms with Crippen molar-refractivity contribution in [3.8, 4) is 55.6 Å². The van der Waals surface area contributed by atoms with Crippen molar-refractivity contribution in [1.82, 2.24) is 0 Å². The summed E-state index contributed by atoms with van der Waals surface area (Å²) < 4.78 is 0. The Morgan fingerprint density at radius 3 is 1.24 bits per heavy atom. The van der Waals surface area contributed by atoms with Crippen molar-refractivity contribution in [3.05, 3.63) is 158 Å². The van der Waals surface area contributed by atoms with E-state index in [9.17, 15) is 0 Å². The van der Waals surface area contributed by atoms with Crippen molar-refractivity contribution in [2.24, 2.45) is 0 Å². The highest BCUT2D eigenvalue weighted by atomic mass is 14.3. The lowest BCUT2D eigenvalue weighted by molar-refractivity contribution is 1.61. The Balaban J connectivity index is 1.23. The Bertz CT molecular complexity index is 2320. The minimum atomic E-state index is 1.23. The van der Waals surface area contributed by atoms with Gasteiger partial charge in [-0.1, -0.05) is 115 Å². The van der Waals surface area contributed by atoms with Gasteiger partial charge < -0.3 is 0 Å². The number of hydrogen-bond acceptors (Lipinski definition) is 0. The second-order valence-electron chi connectivity index (χ2n) is 11.4. The molecular weight excluding hydrogens is 504 g/mol. The van der Waals surface area contributed by atoms with Crippen LogP contribution in [0, 0.1) is 0 Å². The van der Waals surface area contributed by atoms with Crippen molar-refractivity contribution in [2.45, 2.75) is 0 Å². The molecule has 1 aliphatic rings. The predicted octanol–water partition coefficient (Wildman–Crippen LogP) is 11.8. The third-order valence-electron chi connectivity index (χ3n) is 8.92. The molecule has 0 N–H and O–H groups in total. The summed E-state index contributed by atoms with van der Waals surface area (Å²) in [5.74, 6) is 0. The monoisotopic (exact) mass is 530 g/mol. The molecule has 0 aromatic heterocycles. The van der Waals surface area contributed by atoms with Gasteiger partial charge in [0.1, 0.15) is 0 Å². The fourth-order valence-corrected chi connectivity index (χ4v) is 6.81. The van der Waals surface area contributed by atoms with Gasteiger partial charge in [0.2, 0.25) is 0 Å². The third-order valence-corrected chi connectivity index (χ3v) is 8.92. The molecule has 0 bridgehead atoms. The molecule has 0 fully saturated rings. The van der Waals surface area contributed by atoms with E-state index in [1.807, 2.05) is 0 Å². The molecule has 194 valence electrons. The fraction of sp³-hybridized carbons (Fsp3) is 0. The van der Waals surface area contributed by atoms with Gasteiger partial charge in [-0.3, -0.25) is 0 Å². The highest BCUT2D eigenvalue weighted by Crippen LogP contribution is 2.51. The number of fused-ring (bicyclic) bond motifs is 5. The second kappa shape index (κ2) is 9.03. The molecule has 0 spiro atoms. The Kier molecular flexibility index (Phi) is 5.00. The second-order valence-corrected chi connectivity index (χ2v) is 11.4. The molecule has 42 heavy (non-hydrogen) atoms. The molecule has 0 saturated carbocycles. The zero-order chi connectivity index (χ0) is 27.6. The van der Waals surface area contributed by atoms with Crippen LogP contribution in [0.3, 0.4) is 0 Å². The van der Waals surface area contributed by atoms with Gasteiger partial charge in [0.25, 0.3) is 0 Å². The Morgan fingerprint density at radius 1 is 0.214 bits per heavy atom. The molecule has 8 aromatic rings. The maximum absolute atomic E-state index is 2.40. The van der Waals surface area contributed by atoms with E-state index in [0.717, 1.165) is 0 Å². The fourth-order valence-electron chi connectivity index (χ4n) is 6.81. The van der Waals surface area contributed by atoms with E-state index in [1.54, 1.807) is 0 Å². The molecular formula is C42H26. The summed E-state index contributed by atoms with van der Waals surface area (Å²) in [5, 5.41) is 7.76. The van der Waals surface area contributed by atoms with Crippen LogP contribution >= 0.6 is 0 Å². The first-order chi connectivity index (χ1) is 20.8. The molecule has 0 heterocycles. The average Bonchev–Trinajstić information content (AvgIpc) is 3.36. The van der Waals surface area contributed by atoms with Crippen LogP contribution in [0.5, 0.6) is 0 Å². The van der Waals surface area contributed by atoms with E-state index >= 15 is 0 Å². The van der Waals surface area contributed by atoms with Crippen molar-refractivity contribution in [3.63, 3.8) is 0 Å². The molecule has 0 atom stereocenters. The first kappa shape index (κ1) is 23.3. The highest BCUT2D eigenvalue weighted by molar-refractivity contribution is 6.19. The topological polar surface area (TPSA) is 0 Å². The van der Waals surface area contributed by atoms with Gasteiger partial charge in [0.15, 0.2) is 0 Å². The normalized spacial score (nSPS) is 11.8. The molecule has 0 amide bonds. The number of benzene rings is 8. The summed E-state index contributed by atoms with van der Waals surface area (Å²) in [7, 11) is 0. The molecule has 0 saturated heterocycles. The summed E-state index contributed by atoms with van der Waals surface area (Å²) in [4.78, 5) is 0. The zero-order valence-electron chi connectivity index (χ0n) is 23.0. The van der Waals surface area contributed by atoms with Gasteiger partial charge in [0, 0.05) is 0 Å². The van der Waals surface area contributed by atoms with Gasteiger partial charge in [0.05, 0.1) is 0 Å². The van der Waals surface area contributed by atoms with Crippen molar-refractivity contribution in [2.75, 3.05) is 0 Å². The van der Waals surface area contributed by atoms with Crippen LogP contribution < -0.4 is 0 Å². The summed E-state index contributed by atoms with van der Waals surface area (Å²) in [6.07, 6.45) is 0. The molecule has 0 heteroatoms. The molecule has 9 rings (SSSR count). The Hall–Kier alpha value is -5.46. The lowest BCUT2D eigenvalue weighted by Crippen LogP contribution is -1.85. The van der Waals surface area contributed by atoms with Crippen molar-refractivity contribution < 1.29 is 0 Å². The van der Waals surface area contributed by atoms with Crippen molar-refractivity contribution in [1.29, 1.82) is 0 Å². The van der Waals surface area contributed by atoms with E-state index in [1.165, 1.54) is 88.0 Å². The minimum Gasteiger partial charge on any atom is -0.0622 e. The Labute approximate surface area is 245 Å². The maximum atomic E-state index is 2.40. The quantitative estimate of drug-likeness (QED) is 0.213. The van der Waals surface area contributed by atoms with Crippen LogP contribution in [-0.4, -0.2) is 0 Å². The Morgan fingerprint density at radius 2 is 0.643 bits per heavy atom. The summed E-state index contributed by atoms with van der Waals surface area (Å²) in [6.45, 7) is 0. The van der Waals surface area contributed by atoms with E-state index in [2.05, 4.69) is 158 Å². The maximum Gasteiger partial charge on any atom is -0.00255 e. The summed E-state index contributed by atoms with van der Waals surface area (Å²) in [6, 6.07) is 58.1. The first-order valence-corrected chi connectivity index (χ1v) is 14.6. The molecule has 0 aliphatic heterocycles. The van der Waals surface area contributed by atoms with Crippen LogP contribution in [0.4, 0.5) is 0 Å². The highest BCUT2D eigenvalue weighted by Gasteiger charge is 2.24. The number of rotatable bonds is 3. The largest absolute Gasteiger partial charge is 0.0622 e. The number of hydrogen-bond donors (Lipinski definition) is 0. The molecule has 8 aromatic carbocycles. The SMILES string of the molecule is c1ccc(-c2cc3c4c(cc(-c5ccc(-c6ccc7ccccc7c6)cc5)cc4c2)-c2cc4ccccc4cc2-3)cc1. The van der Waals surface area contributed by atoms with Gasteiger partial charge in [-0.05, 0) is 130 Å². The van der Waals surface area contributed by atoms with Gasteiger partial charge >= 0.3 is 0 Å². The lowest BCUT2D eigenvalue weighted by atomic mass is 9.92. The zero-order valence-corrected chi connectivity index (χ0v) is 23.0. The summed E-state index contributed by atoms with van der Waals surface area (Å²) >= 11 is 0.